The normalized spacial score (nSPS) is 15.3. The molecule has 0 saturated carbocycles. The largest absolute Gasteiger partial charge is 0.322 e. The van der Waals surface area contributed by atoms with Crippen LogP contribution in [0.2, 0.25) is 0 Å². The molecule has 5 nitrogen and oxygen atoms in total. The van der Waals surface area contributed by atoms with Crippen molar-refractivity contribution in [1.82, 2.24) is 9.80 Å². The molecule has 6 heteroatoms. The van der Waals surface area contributed by atoms with Crippen LogP contribution in [0, 0.1) is 6.92 Å². The molecule has 126 valence electrons. The number of hydrogen-bond donors (Lipinski definition) is 1. The van der Waals surface area contributed by atoms with Crippen LogP contribution in [-0.2, 0) is 0 Å². The van der Waals surface area contributed by atoms with Gasteiger partial charge in [-0.15, -0.1) is 11.3 Å². The van der Waals surface area contributed by atoms with Crippen LogP contribution in [0.25, 0.3) is 0 Å². The molecule has 0 atom stereocenters. The lowest BCUT2D eigenvalue weighted by molar-refractivity contribution is 0.0887. The van der Waals surface area contributed by atoms with Crippen molar-refractivity contribution in [1.29, 1.82) is 0 Å². The fourth-order valence-corrected chi connectivity index (χ4v) is 3.32. The molecule has 0 unspecified atom stereocenters. The molecule has 0 bridgehead atoms. The van der Waals surface area contributed by atoms with E-state index >= 15 is 0 Å². The maximum absolute atomic E-state index is 12.3. The van der Waals surface area contributed by atoms with Gasteiger partial charge in [0.25, 0.3) is 0 Å². The van der Waals surface area contributed by atoms with E-state index in [4.69, 9.17) is 0 Å². The summed E-state index contributed by atoms with van der Waals surface area (Å²) < 4.78 is 0. The van der Waals surface area contributed by atoms with Gasteiger partial charge in [-0.1, -0.05) is 23.8 Å². The summed E-state index contributed by atoms with van der Waals surface area (Å²) in [5.74, 6) is 0.155. The average Bonchev–Trinajstić information content (AvgIpc) is 3.12. The maximum atomic E-state index is 12.3. The molecule has 1 aliphatic rings. The van der Waals surface area contributed by atoms with E-state index in [-0.39, 0.29) is 11.8 Å². The molecule has 3 rings (SSSR count). The Morgan fingerprint density at radius 1 is 1.08 bits per heavy atom. The number of aryl methyl sites for hydroxylation is 1. The van der Waals surface area contributed by atoms with Crippen molar-refractivity contribution in [2.45, 2.75) is 6.92 Å². The lowest BCUT2D eigenvalue weighted by atomic mass is 10.2. The topological polar surface area (TPSA) is 52.7 Å². The molecule has 1 aromatic heterocycles. The van der Waals surface area contributed by atoms with Gasteiger partial charge in [0.1, 0.15) is 0 Å². The van der Waals surface area contributed by atoms with Crippen LogP contribution in [0.15, 0.2) is 41.8 Å². The number of nitrogens with zero attached hydrogens (tertiary/aromatic N) is 2. The van der Waals surface area contributed by atoms with Crippen LogP contribution in [0.5, 0.6) is 0 Å². The number of piperazine rings is 1. The van der Waals surface area contributed by atoms with Gasteiger partial charge in [0.05, 0.1) is 11.4 Å². The monoisotopic (exact) mass is 343 g/mol. The zero-order chi connectivity index (χ0) is 16.9. The highest BCUT2D eigenvalue weighted by Gasteiger charge is 2.23. The molecular weight excluding hydrogens is 322 g/mol. The predicted octanol–water partition coefficient (Wildman–Crippen LogP) is 3.09. The molecule has 0 spiro atoms. The summed E-state index contributed by atoms with van der Waals surface area (Å²) in [6.45, 7) is 5.15. The minimum absolute atomic E-state index is 0.0805. The van der Waals surface area contributed by atoms with Gasteiger partial charge in [0.15, 0.2) is 5.78 Å². The Labute approximate surface area is 145 Å². The summed E-state index contributed by atoms with van der Waals surface area (Å²) in [5.41, 5.74) is 1.97. The molecular formula is C18H21N3O2S. The molecule has 1 saturated heterocycles. The number of urea groups is 1. The van der Waals surface area contributed by atoms with Gasteiger partial charge >= 0.3 is 6.03 Å². The van der Waals surface area contributed by atoms with Crippen molar-refractivity contribution in [3.05, 3.63) is 52.2 Å². The summed E-state index contributed by atoms with van der Waals surface area (Å²) in [6.07, 6.45) is 0. The molecule has 0 aliphatic carbocycles. The van der Waals surface area contributed by atoms with E-state index in [1.165, 1.54) is 11.3 Å². The van der Waals surface area contributed by atoms with Crippen molar-refractivity contribution in [2.24, 2.45) is 0 Å². The Kier molecular flexibility index (Phi) is 5.27. The third-order valence-electron chi connectivity index (χ3n) is 4.13. The van der Waals surface area contributed by atoms with Gasteiger partial charge < -0.3 is 10.2 Å². The van der Waals surface area contributed by atoms with Gasteiger partial charge in [-0.3, -0.25) is 9.69 Å². The molecule has 24 heavy (non-hydrogen) atoms. The van der Waals surface area contributed by atoms with Crippen molar-refractivity contribution < 1.29 is 9.59 Å². The van der Waals surface area contributed by atoms with Gasteiger partial charge in [0, 0.05) is 31.9 Å². The molecule has 2 heterocycles. The van der Waals surface area contributed by atoms with E-state index in [1.807, 2.05) is 48.7 Å². The highest BCUT2D eigenvalue weighted by molar-refractivity contribution is 7.12. The summed E-state index contributed by atoms with van der Waals surface area (Å²) in [6, 6.07) is 11.4. The molecule has 1 fully saturated rings. The van der Waals surface area contributed by atoms with Gasteiger partial charge in [0.2, 0.25) is 0 Å². The number of anilines is 1. The number of carbonyl (C=O) groups is 2. The first-order valence-electron chi connectivity index (χ1n) is 8.03. The Morgan fingerprint density at radius 3 is 2.42 bits per heavy atom. The van der Waals surface area contributed by atoms with E-state index in [0.29, 0.717) is 19.6 Å². The maximum Gasteiger partial charge on any atom is 0.321 e. The lowest BCUT2D eigenvalue weighted by Crippen LogP contribution is -2.51. The molecule has 1 N–H and O–H groups in total. The van der Waals surface area contributed by atoms with Crippen molar-refractivity contribution in [2.75, 3.05) is 38.0 Å². The zero-order valence-electron chi connectivity index (χ0n) is 13.7. The number of Topliss-reactive ketones (excluding diaryl/α,β-unsaturated/α-hetero) is 1. The van der Waals surface area contributed by atoms with Crippen LogP contribution >= 0.6 is 11.3 Å². The van der Waals surface area contributed by atoms with Crippen LogP contribution in [0.3, 0.4) is 0 Å². The molecule has 0 radical (unpaired) electrons. The zero-order valence-corrected chi connectivity index (χ0v) is 14.5. The number of ketones is 1. The minimum atomic E-state index is -0.0805. The lowest BCUT2D eigenvalue weighted by Gasteiger charge is -2.34. The highest BCUT2D eigenvalue weighted by Crippen LogP contribution is 2.13. The Balaban J connectivity index is 1.47. The van der Waals surface area contributed by atoms with E-state index in [2.05, 4.69) is 10.2 Å². The second-order valence-electron chi connectivity index (χ2n) is 5.96. The van der Waals surface area contributed by atoms with Gasteiger partial charge in [-0.2, -0.15) is 0 Å². The third-order valence-corrected chi connectivity index (χ3v) is 5.04. The van der Waals surface area contributed by atoms with Crippen LogP contribution in [0.1, 0.15) is 15.2 Å². The third kappa shape index (κ3) is 4.21. The fourth-order valence-electron chi connectivity index (χ4n) is 2.67. The standard InChI is InChI=1S/C18H21N3O2S/c1-14-4-6-15(7-5-14)19-18(23)21-10-8-20(9-11-21)13-16(22)17-3-2-12-24-17/h2-7,12H,8-11,13H2,1H3,(H,19,23). The summed E-state index contributed by atoms with van der Waals surface area (Å²) >= 11 is 1.48. The number of thiophene rings is 1. The predicted molar refractivity (Wildman–Crippen MR) is 96.9 cm³/mol. The first-order chi connectivity index (χ1) is 11.6. The molecule has 1 aromatic carbocycles. The van der Waals surface area contributed by atoms with E-state index in [9.17, 15) is 9.59 Å². The van der Waals surface area contributed by atoms with Crippen molar-refractivity contribution in [3.63, 3.8) is 0 Å². The van der Waals surface area contributed by atoms with Crippen LogP contribution in [-0.4, -0.2) is 54.3 Å². The summed E-state index contributed by atoms with van der Waals surface area (Å²) in [7, 11) is 0. The van der Waals surface area contributed by atoms with Gasteiger partial charge in [-0.25, -0.2) is 4.79 Å². The summed E-state index contributed by atoms with van der Waals surface area (Å²) in [4.78, 5) is 29.1. The molecule has 2 aromatic rings. The molecule has 1 aliphatic heterocycles. The fraction of sp³-hybridized carbons (Fsp3) is 0.333. The number of benzene rings is 1. The number of amides is 2. The number of rotatable bonds is 4. The Hall–Kier alpha value is -2.18. The van der Waals surface area contributed by atoms with Crippen LogP contribution < -0.4 is 5.32 Å². The number of hydrogen-bond acceptors (Lipinski definition) is 4. The first-order valence-corrected chi connectivity index (χ1v) is 8.91. The second kappa shape index (κ2) is 7.59. The number of carbonyl (C=O) groups excluding carboxylic acids is 2. The first kappa shape index (κ1) is 16.7. The van der Waals surface area contributed by atoms with Crippen molar-refractivity contribution >= 4 is 28.8 Å². The minimum Gasteiger partial charge on any atom is -0.322 e. The van der Waals surface area contributed by atoms with E-state index < -0.39 is 0 Å². The van der Waals surface area contributed by atoms with Crippen LogP contribution in [0.4, 0.5) is 10.5 Å². The Bertz CT molecular complexity index is 690. The summed E-state index contributed by atoms with van der Waals surface area (Å²) in [5, 5.41) is 4.84. The number of nitrogens with one attached hydrogen (secondary N) is 1. The molecule has 2 amide bonds. The van der Waals surface area contributed by atoms with Gasteiger partial charge in [-0.05, 0) is 30.5 Å². The SMILES string of the molecule is Cc1ccc(NC(=O)N2CCN(CC(=O)c3cccs3)CC2)cc1. The highest BCUT2D eigenvalue weighted by atomic mass is 32.1. The van der Waals surface area contributed by atoms with E-state index in [1.54, 1.807) is 4.90 Å². The smallest absolute Gasteiger partial charge is 0.321 e. The average molecular weight is 343 g/mol. The Morgan fingerprint density at radius 2 is 1.79 bits per heavy atom. The second-order valence-corrected chi connectivity index (χ2v) is 6.91. The quantitative estimate of drug-likeness (QED) is 0.868. The van der Waals surface area contributed by atoms with E-state index in [0.717, 1.165) is 29.2 Å². The van der Waals surface area contributed by atoms with Crippen molar-refractivity contribution in [3.8, 4) is 0 Å².